The summed E-state index contributed by atoms with van der Waals surface area (Å²) >= 11 is 0. The second-order valence-corrected chi connectivity index (χ2v) is 11.4. The van der Waals surface area contributed by atoms with Crippen molar-refractivity contribution in [1.82, 2.24) is 9.29 Å². The van der Waals surface area contributed by atoms with Gasteiger partial charge >= 0.3 is 5.97 Å². The average molecular weight is 534 g/mol. The predicted molar refractivity (Wildman–Crippen MR) is 142 cm³/mol. The monoisotopic (exact) mass is 533 g/mol. The van der Waals surface area contributed by atoms with Gasteiger partial charge < -0.3 is 9.47 Å². The molecular formula is C29H31N3O5S. The Hall–Kier alpha value is -3.74. The lowest BCUT2D eigenvalue weighted by atomic mass is 9.84. The van der Waals surface area contributed by atoms with Crippen LogP contribution < -0.4 is 4.74 Å². The van der Waals surface area contributed by atoms with Crippen LogP contribution in [0.4, 0.5) is 0 Å². The third-order valence-corrected chi connectivity index (χ3v) is 8.81. The summed E-state index contributed by atoms with van der Waals surface area (Å²) in [4.78, 5) is 16.6. The molecule has 1 aliphatic rings. The molecule has 0 fully saturated rings. The van der Waals surface area contributed by atoms with Gasteiger partial charge in [0.25, 0.3) is 0 Å². The quantitative estimate of drug-likeness (QED) is 0.407. The van der Waals surface area contributed by atoms with E-state index in [1.807, 2.05) is 45.0 Å². The van der Waals surface area contributed by atoms with Crippen LogP contribution in [0.15, 0.2) is 59.6 Å². The molecule has 0 aliphatic carbocycles. The van der Waals surface area contributed by atoms with Crippen LogP contribution in [0.2, 0.25) is 0 Å². The van der Waals surface area contributed by atoms with E-state index < -0.39 is 10.0 Å². The summed E-state index contributed by atoms with van der Waals surface area (Å²) in [5, 5.41) is 9.28. The highest BCUT2D eigenvalue weighted by molar-refractivity contribution is 7.89. The number of aryl methyl sites for hydroxylation is 2. The third kappa shape index (κ3) is 5.57. The number of nitrogens with zero attached hydrogens (tertiary/aromatic N) is 3. The number of carbonyl (C=O) groups excluding carboxylic acids is 1. The molecule has 38 heavy (non-hydrogen) atoms. The fourth-order valence-electron chi connectivity index (χ4n) is 4.74. The molecule has 2 aromatic carbocycles. The van der Waals surface area contributed by atoms with Crippen molar-refractivity contribution in [2.24, 2.45) is 0 Å². The lowest BCUT2D eigenvalue weighted by molar-refractivity contribution is -0.140. The van der Waals surface area contributed by atoms with Crippen LogP contribution in [0.25, 0.3) is 0 Å². The van der Waals surface area contributed by atoms with E-state index in [-0.39, 0.29) is 48.3 Å². The maximum Gasteiger partial charge on any atom is 0.306 e. The Morgan fingerprint density at radius 1 is 1.21 bits per heavy atom. The summed E-state index contributed by atoms with van der Waals surface area (Å²) in [6.07, 6.45) is 1.92. The topological polar surface area (TPSA) is 110 Å². The van der Waals surface area contributed by atoms with Gasteiger partial charge in [0.2, 0.25) is 15.9 Å². The van der Waals surface area contributed by atoms with Crippen molar-refractivity contribution < 1.29 is 22.7 Å². The van der Waals surface area contributed by atoms with E-state index in [4.69, 9.17) is 9.47 Å². The third-order valence-electron chi connectivity index (χ3n) is 6.99. The summed E-state index contributed by atoms with van der Waals surface area (Å²) in [5.74, 6) is -0.559. The molecule has 0 saturated heterocycles. The van der Waals surface area contributed by atoms with E-state index in [9.17, 15) is 18.5 Å². The van der Waals surface area contributed by atoms with Crippen LogP contribution >= 0.6 is 0 Å². The molecule has 2 atom stereocenters. The van der Waals surface area contributed by atoms with Crippen molar-refractivity contribution in [2.45, 2.75) is 57.1 Å². The van der Waals surface area contributed by atoms with Crippen molar-refractivity contribution >= 4 is 16.0 Å². The summed E-state index contributed by atoms with van der Waals surface area (Å²) in [7, 11) is -2.50. The molecule has 2 heterocycles. The van der Waals surface area contributed by atoms with Gasteiger partial charge in [-0.05, 0) is 72.4 Å². The molecule has 0 radical (unpaired) electrons. The van der Waals surface area contributed by atoms with Crippen LogP contribution in [0.1, 0.15) is 59.1 Å². The summed E-state index contributed by atoms with van der Waals surface area (Å²) in [6.45, 7) is 6.14. The molecule has 9 heteroatoms. The average Bonchev–Trinajstić information content (AvgIpc) is 3.02. The van der Waals surface area contributed by atoms with Crippen molar-refractivity contribution in [1.29, 1.82) is 5.26 Å². The highest BCUT2D eigenvalue weighted by Crippen LogP contribution is 2.34. The Morgan fingerprint density at radius 2 is 2.00 bits per heavy atom. The zero-order chi connectivity index (χ0) is 27.4. The highest BCUT2D eigenvalue weighted by Gasteiger charge is 2.35. The number of esters is 1. The first-order chi connectivity index (χ1) is 18.2. The Labute approximate surface area is 223 Å². The lowest BCUT2D eigenvalue weighted by Gasteiger charge is -2.25. The van der Waals surface area contributed by atoms with Crippen molar-refractivity contribution in [3.8, 4) is 11.9 Å². The SMILES string of the molecule is CC[C@@H]1CN(Cc2cc(C(CC(=O)OC)c3ccc(C#N)cc3C)ccc2C)S(=O)(=O)c2cccnc2O1. The number of sulfonamides is 1. The summed E-state index contributed by atoms with van der Waals surface area (Å²) in [6, 6.07) is 16.5. The molecule has 0 bridgehead atoms. The van der Waals surface area contributed by atoms with Crippen LogP contribution in [-0.2, 0) is 26.1 Å². The molecule has 1 unspecified atom stereocenters. The summed E-state index contributed by atoms with van der Waals surface area (Å²) < 4.78 is 39.7. The summed E-state index contributed by atoms with van der Waals surface area (Å²) in [5.41, 5.74) is 4.97. The Morgan fingerprint density at radius 3 is 2.68 bits per heavy atom. The minimum absolute atomic E-state index is 0.0570. The normalized spacial score (nSPS) is 17.4. The molecule has 0 saturated carbocycles. The minimum Gasteiger partial charge on any atom is -0.472 e. The number of rotatable bonds is 7. The molecule has 0 N–H and O–H groups in total. The van der Waals surface area contributed by atoms with Gasteiger partial charge in [-0.25, -0.2) is 13.4 Å². The highest BCUT2D eigenvalue weighted by atomic mass is 32.2. The standard InChI is InChI=1S/C29H31N3O5S/c1-5-24-18-32(38(34,35)27-7-6-12-31-29(27)37-24)17-23-14-22(10-8-19(23)2)26(15-28(33)36-4)25-11-9-21(16-30)13-20(25)3/h6-14,24,26H,5,15,17-18H2,1-4H3/t24-,26?/m1/s1. The minimum atomic E-state index is -3.86. The number of benzene rings is 2. The largest absolute Gasteiger partial charge is 0.472 e. The van der Waals surface area contributed by atoms with E-state index in [0.717, 1.165) is 27.8 Å². The maximum absolute atomic E-state index is 13.6. The first-order valence-electron chi connectivity index (χ1n) is 12.5. The molecule has 0 amide bonds. The van der Waals surface area contributed by atoms with E-state index in [2.05, 4.69) is 11.1 Å². The number of carbonyl (C=O) groups is 1. The van der Waals surface area contributed by atoms with Crippen LogP contribution in [0.3, 0.4) is 0 Å². The Balaban J connectivity index is 1.75. The number of methoxy groups -OCH3 is 1. The lowest BCUT2D eigenvalue weighted by Crippen LogP contribution is -2.36. The maximum atomic E-state index is 13.6. The molecule has 0 spiro atoms. The second kappa shape index (κ2) is 11.3. The second-order valence-electron chi connectivity index (χ2n) is 9.45. The van der Waals surface area contributed by atoms with Crippen LogP contribution in [-0.4, -0.2) is 43.4 Å². The smallest absolute Gasteiger partial charge is 0.306 e. The van der Waals surface area contributed by atoms with Gasteiger partial charge in [0.05, 0.1) is 31.7 Å². The molecule has 1 aromatic heterocycles. The van der Waals surface area contributed by atoms with Crippen molar-refractivity contribution in [2.75, 3.05) is 13.7 Å². The zero-order valence-electron chi connectivity index (χ0n) is 22.0. The Bertz CT molecular complexity index is 1500. The molecule has 8 nitrogen and oxygen atoms in total. The molecule has 198 valence electrons. The number of fused-ring (bicyclic) bond motifs is 1. The molecule has 1 aliphatic heterocycles. The van der Waals surface area contributed by atoms with E-state index in [1.165, 1.54) is 23.7 Å². The van der Waals surface area contributed by atoms with Crippen molar-refractivity contribution in [3.05, 3.63) is 88.1 Å². The van der Waals surface area contributed by atoms with Gasteiger partial charge in [0.1, 0.15) is 11.0 Å². The predicted octanol–water partition coefficient (Wildman–Crippen LogP) is 4.63. The van der Waals surface area contributed by atoms with E-state index in [1.54, 1.807) is 18.2 Å². The van der Waals surface area contributed by atoms with Gasteiger partial charge in [-0.2, -0.15) is 9.57 Å². The van der Waals surface area contributed by atoms with Gasteiger partial charge in [0, 0.05) is 18.7 Å². The number of aromatic nitrogens is 1. The van der Waals surface area contributed by atoms with Crippen molar-refractivity contribution in [3.63, 3.8) is 0 Å². The number of ether oxygens (including phenoxy) is 2. The van der Waals surface area contributed by atoms with Crippen LogP contribution in [0.5, 0.6) is 5.88 Å². The van der Waals surface area contributed by atoms with Gasteiger partial charge in [-0.3, -0.25) is 4.79 Å². The van der Waals surface area contributed by atoms with Gasteiger partial charge in [-0.1, -0.05) is 31.2 Å². The molecular weight excluding hydrogens is 502 g/mol. The fourth-order valence-corrected chi connectivity index (χ4v) is 6.27. The molecule has 4 rings (SSSR count). The molecule has 3 aromatic rings. The number of pyridine rings is 1. The fraction of sp³-hybridized carbons (Fsp3) is 0.345. The van der Waals surface area contributed by atoms with E-state index >= 15 is 0 Å². The zero-order valence-corrected chi connectivity index (χ0v) is 22.8. The Kier molecular flexibility index (Phi) is 8.14. The van der Waals surface area contributed by atoms with Gasteiger partial charge in [-0.15, -0.1) is 0 Å². The van der Waals surface area contributed by atoms with Crippen LogP contribution in [0, 0.1) is 25.2 Å². The number of hydrogen-bond acceptors (Lipinski definition) is 7. The number of nitriles is 1. The van der Waals surface area contributed by atoms with E-state index in [0.29, 0.717) is 12.0 Å². The van der Waals surface area contributed by atoms with Gasteiger partial charge in [0.15, 0.2) is 0 Å². The number of hydrogen-bond donors (Lipinski definition) is 0. The first kappa shape index (κ1) is 27.3. The first-order valence-corrected chi connectivity index (χ1v) is 13.9.